The highest BCUT2D eigenvalue weighted by molar-refractivity contribution is 6.30. The van der Waals surface area contributed by atoms with Crippen molar-refractivity contribution < 1.29 is 19.2 Å². The van der Waals surface area contributed by atoms with Crippen LogP contribution < -0.4 is 10.8 Å². The first kappa shape index (κ1) is 18.5. The van der Waals surface area contributed by atoms with Gasteiger partial charge in [0, 0.05) is 24.5 Å². The van der Waals surface area contributed by atoms with Gasteiger partial charge < -0.3 is 10.2 Å². The first-order chi connectivity index (χ1) is 11.5. The zero-order chi connectivity index (χ0) is 17.5. The summed E-state index contributed by atoms with van der Waals surface area (Å²) in [4.78, 5) is 24.8. The van der Waals surface area contributed by atoms with Crippen molar-refractivity contribution in [2.24, 2.45) is 5.92 Å². The number of rotatable bonds is 5. The third-order valence-corrected chi connectivity index (χ3v) is 4.45. The molecule has 0 aromatic heterocycles. The Bertz CT molecular complexity index is 592. The number of likely N-dealkylation sites (tertiary alicyclic amines) is 1. The van der Waals surface area contributed by atoms with Crippen LogP contribution in [-0.2, 0) is 4.79 Å². The Morgan fingerprint density at radius 1 is 1.33 bits per heavy atom. The number of nitrogens with one attached hydrogen (secondary N) is 2. The lowest BCUT2D eigenvalue weighted by atomic mass is 9.91. The van der Waals surface area contributed by atoms with Crippen molar-refractivity contribution in [3.8, 4) is 0 Å². The number of benzene rings is 1. The minimum absolute atomic E-state index is 0.113. The second-order valence-corrected chi connectivity index (χ2v) is 6.35. The van der Waals surface area contributed by atoms with Crippen LogP contribution in [0.5, 0.6) is 0 Å². The molecule has 2 rings (SSSR count). The van der Waals surface area contributed by atoms with Gasteiger partial charge in [0.25, 0.3) is 0 Å². The Hall–Kier alpha value is -1.86. The first-order valence-electron chi connectivity index (χ1n) is 7.93. The van der Waals surface area contributed by atoms with Crippen LogP contribution >= 0.6 is 11.6 Å². The molecule has 6 nitrogen and oxygen atoms in total. The van der Waals surface area contributed by atoms with E-state index in [9.17, 15) is 14.0 Å². The van der Waals surface area contributed by atoms with Crippen molar-refractivity contribution in [2.75, 3.05) is 18.4 Å². The van der Waals surface area contributed by atoms with Crippen molar-refractivity contribution >= 4 is 29.2 Å². The van der Waals surface area contributed by atoms with Gasteiger partial charge in [-0.2, -0.15) is 0 Å². The highest BCUT2D eigenvalue weighted by Gasteiger charge is 2.23. The normalized spacial score (nSPS) is 15.2. The second-order valence-electron chi connectivity index (χ2n) is 5.91. The van der Waals surface area contributed by atoms with Crippen molar-refractivity contribution in [3.63, 3.8) is 0 Å². The average molecular weight is 358 g/mol. The number of piperidine rings is 1. The predicted molar refractivity (Wildman–Crippen MR) is 88.5 cm³/mol. The Balaban J connectivity index is 1.75. The number of carbonyl (C=O) groups is 2. The van der Waals surface area contributed by atoms with E-state index < -0.39 is 5.82 Å². The number of carbonyl (C=O) groups excluding carboxylic acids is 2. The van der Waals surface area contributed by atoms with Crippen molar-refractivity contribution in [3.05, 3.63) is 29.0 Å². The molecule has 0 saturated carbocycles. The fraction of sp³-hybridized carbons (Fsp3) is 0.500. The number of halogens is 2. The second kappa shape index (κ2) is 8.84. The predicted octanol–water partition coefficient (Wildman–Crippen LogP) is 3.40. The molecule has 3 amide bonds. The Kier molecular flexibility index (Phi) is 6.81. The summed E-state index contributed by atoms with van der Waals surface area (Å²) in [6.07, 6.45) is 3.58. The van der Waals surface area contributed by atoms with E-state index in [1.807, 2.05) is 0 Å². The largest absolute Gasteiger partial charge is 0.325 e. The number of hydrogen-bond acceptors (Lipinski definition) is 3. The molecular formula is C16H21ClFN3O3. The highest BCUT2D eigenvalue weighted by Crippen LogP contribution is 2.24. The summed E-state index contributed by atoms with van der Waals surface area (Å²) in [5.74, 6) is -0.488. The fourth-order valence-corrected chi connectivity index (χ4v) is 2.98. The van der Waals surface area contributed by atoms with Crippen LogP contribution in [0, 0.1) is 11.7 Å². The standard InChI is InChI=1S/C16H21ClFN3O3/c17-12-4-5-14(13(18)10-12)19-16(23)21-8-6-11(7-9-21)2-1-3-15(22)20-24/h4-5,10-11,24H,1-3,6-9H2,(H,19,23)(H,20,22). The van der Waals surface area contributed by atoms with Crippen LogP contribution in [-0.4, -0.2) is 35.1 Å². The Morgan fingerprint density at radius 3 is 2.67 bits per heavy atom. The lowest BCUT2D eigenvalue weighted by Gasteiger charge is -2.32. The zero-order valence-corrected chi connectivity index (χ0v) is 14.0. The van der Waals surface area contributed by atoms with Crippen LogP contribution in [0.2, 0.25) is 5.02 Å². The number of hydrogen-bond donors (Lipinski definition) is 3. The monoisotopic (exact) mass is 357 g/mol. The highest BCUT2D eigenvalue weighted by atomic mass is 35.5. The summed E-state index contributed by atoms with van der Waals surface area (Å²) >= 11 is 5.69. The van der Waals surface area contributed by atoms with Crippen LogP contribution in [0.3, 0.4) is 0 Å². The van der Waals surface area contributed by atoms with E-state index in [-0.39, 0.29) is 22.6 Å². The molecule has 24 heavy (non-hydrogen) atoms. The Morgan fingerprint density at radius 2 is 2.04 bits per heavy atom. The summed E-state index contributed by atoms with van der Waals surface area (Å²) < 4.78 is 13.7. The molecule has 1 aliphatic heterocycles. The van der Waals surface area contributed by atoms with Crippen LogP contribution in [0.15, 0.2) is 18.2 Å². The third-order valence-electron chi connectivity index (χ3n) is 4.22. The number of hydroxylamine groups is 1. The molecule has 1 aromatic rings. The molecule has 0 aliphatic carbocycles. The molecule has 1 saturated heterocycles. The average Bonchev–Trinajstić information content (AvgIpc) is 2.57. The third kappa shape index (κ3) is 5.35. The molecule has 0 unspecified atom stereocenters. The van der Waals surface area contributed by atoms with Gasteiger partial charge in [-0.05, 0) is 49.8 Å². The first-order valence-corrected chi connectivity index (χ1v) is 8.31. The van der Waals surface area contributed by atoms with E-state index in [2.05, 4.69) is 5.32 Å². The maximum Gasteiger partial charge on any atom is 0.321 e. The maximum atomic E-state index is 13.7. The number of nitrogens with zero attached hydrogens (tertiary/aromatic N) is 1. The minimum atomic E-state index is -0.562. The fourth-order valence-electron chi connectivity index (χ4n) is 2.82. The van der Waals surface area contributed by atoms with Gasteiger partial charge in [-0.25, -0.2) is 14.7 Å². The van der Waals surface area contributed by atoms with E-state index in [1.54, 1.807) is 10.4 Å². The molecule has 1 heterocycles. The summed E-state index contributed by atoms with van der Waals surface area (Å²) in [7, 11) is 0. The molecular weight excluding hydrogens is 337 g/mol. The molecule has 0 spiro atoms. The van der Waals surface area contributed by atoms with Crippen LogP contribution in [0.25, 0.3) is 0 Å². The summed E-state index contributed by atoms with van der Waals surface area (Å²) in [6, 6.07) is 3.80. The number of urea groups is 1. The molecule has 132 valence electrons. The van der Waals surface area contributed by atoms with E-state index in [1.165, 1.54) is 12.1 Å². The van der Waals surface area contributed by atoms with Gasteiger partial charge in [0.05, 0.1) is 5.69 Å². The van der Waals surface area contributed by atoms with Gasteiger partial charge >= 0.3 is 6.03 Å². The lowest BCUT2D eigenvalue weighted by molar-refractivity contribution is -0.129. The molecule has 1 aromatic carbocycles. The van der Waals surface area contributed by atoms with Gasteiger partial charge in [0.2, 0.25) is 5.91 Å². The van der Waals surface area contributed by atoms with Crippen molar-refractivity contribution in [1.82, 2.24) is 10.4 Å². The molecule has 3 N–H and O–H groups in total. The van der Waals surface area contributed by atoms with Gasteiger partial charge in [0.15, 0.2) is 0 Å². The molecule has 0 radical (unpaired) electrons. The van der Waals surface area contributed by atoms with E-state index in [0.717, 1.165) is 25.3 Å². The summed E-state index contributed by atoms with van der Waals surface area (Å²) in [6.45, 7) is 1.19. The number of anilines is 1. The SMILES string of the molecule is O=C(CCCC1CCN(C(=O)Nc2ccc(Cl)cc2F)CC1)NO. The van der Waals surface area contributed by atoms with E-state index in [4.69, 9.17) is 16.8 Å². The Labute approximate surface area is 144 Å². The van der Waals surface area contributed by atoms with E-state index >= 15 is 0 Å². The van der Waals surface area contributed by atoms with Crippen molar-refractivity contribution in [2.45, 2.75) is 32.1 Å². The quantitative estimate of drug-likeness (QED) is 0.558. The summed E-state index contributed by atoms with van der Waals surface area (Å²) in [5, 5.41) is 11.3. The van der Waals surface area contributed by atoms with Gasteiger partial charge in [0.1, 0.15) is 5.82 Å². The van der Waals surface area contributed by atoms with Gasteiger partial charge in [-0.15, -0.1) is 0 Å². The van der Waals surface area contributed by atoms with Gasteiger partial charge in [-0.3, -0.25) is 10.0 Å². The lowest BCUT2D eigenvalue weighted by Crippen LogP contribution is -2.41. The number of amides is 3. The molecule has 1 fully saturated rings. The van der Waals surface area contributed by atoms with Crippen molar-refractivity contribution in [1.29, 1.82) is 0 Å². The maximum absolute atomic E-state index is 13.7. The molecule has 0 atom stereocenters. The molecule has 0 bridgehead atoms. The van der Waals surface area contributed by atoms with Crippen LogP contribution in [0.1, 0.15) is 32.1 Å². The van der Waals surface area contributed by atoms with E-state index in [0.29, 0.717) is 31.8 Å². The topological polar surface area (TPSA) is 81.7 Å². The molecule has 1 aliphatic rings. The smallest absolute Gasteiger partial charge is 0.321 e. The minimum Gasteiger partial charge on any atom is -0.325 e. The summed E-state index contributed by atoms with van der Waals surface area (Å²) in [5.41, 5.74) is 1.73. The van der Waals surface area contributed by atoms with Crippen LogP contribution in [0.4, 0.5) is 14.9 Å². The molecule has 8 heteroatoms. The zero-order valence-electron chi connectivity index (χ0n) is 13.2. The van der Waals surface area contributed by atoms with Gasteiger partial charge in [-0.1, -0.05) is 11.6 Å².